The molecular formula is C6H9N3S. The quantitative estimate of drug-likeness (QED) is 0.516. The van der Waals surface area contributed by atoms with Crippen LogP contribution in [0.1, 0.15) is 5.69 Å². The molecule has 0 saturated heterocycles. The van der Waals surface area contributed by atoms with Crippen molar-refractivity contribution in [1.82, 2.24) is 14.9 Å². The third-order valence-corrected chi connectivity index (χ3v) is 1.55. The number of nitrogens with zero attached hydrogens (tertiary/aromatic N) is 2. The van der Waals surface area contributed by atoms with Gasteiger partial charge in [0.25, 0.3) is 0 Å². The second kappa shape index (κ2) is 4.14. The largest absolute Gasteiger partial charge is 0.308 e. The van der Waals surface area contributed by atoms with Crippen molar-refractivity contribution in [1.29, 1.82) is 0 Å². The molecule has 0 saturated carbocycles. The molecule has 0 aliphatic rings. The summed E-state index contributed by atoms with van der Waals surface area (Å²) in [5.41, 5.74) is 0.992. The minimum atomic E-state index is 0.780. The third kappa shape index (κ3) is 2.24. The lowest BCUT2D eigenvalue weighted by Crippen LogP contribution is -2.12. The van der Waals surface area contributed by atoms with Crippen molar-refractivity contribution in [2.24, 2.45) is 0 Å². The Hall–Kier alpha value is -0.740. The van der Waals surface area contributed by atoms with Gasteiger partial charge in [-0.3, -0.25) is 0 Å². The van der Waals surface area contributed by atoms with Gasteiger partial charge in [-0.25, -0.2) is 0 Å². The molecule has 1 heterocycles. The van der Waals surface area contributed by atoms with Gasteiger partial charge >= 0.3 is 0 Å². The molecule has 0 spiro atoms. The maximum atomic E-state index is 3.86. The van der Waals surface area contributed by atoms with Crippen molar-refractivity contribution in [2.75, 3.05) is 6.54 Å². The van der Waals surface area contributed by atoms with Gasteiger partial charge in [-0.15, -0.1) is 11.7 Å². The maximum absolute atomic E-state index is 3.86. The molecule has 0 radical (unpaired) electrons. The summed E-state index contributed by atoms with van der Waals surface area (Å²) in [5, 5.41) is 8.91. The summed E-state index contributed by atoms with van der Waals surface area (Å²) >= 11 is 1.37. The fourth-order valence-electron chi connectivity index (χ4n) is 0.563. The molecule has 0 aromatic carbocycles. The van der Waals surface area contributed by atoms with Gasteiger partial charge in [-0.2, -0.15) is 0 Å². The van der Waals surface area contributed by atoms with E-state index < -0.39 is 0 Å². The van der Waals surface area contributed by atoms with Gasteiger partial charge < -0.3 is 5.32 Å². The highest BCUT2D eigenvalue weighted by Crippen LogP contribution is 1.94. The van der Waals surface area contributed by atoms with Crippen molar-refractivity contribution in [3.05, 3.63) is 23.7 Å². The Bertz CT molecular complexity index is 183. The molecule has 3 nitrogen and oxygen atoms in total. The summed E-state index contributed by atoms with van der Waals surface area (Å²) < 4.78 is 3.73. The standard InChI is InChI=1S/C6H9N3S/c1-2-3-7-4-6-5-10-9-8-6/h2,5,7H,1,3-4H2. The molecule has 0 aliphatic heterocycles. The first-order chi connectivity index (χ1) is 4.93. The van der Waals surface area contributed by atoms with Crippen LogP contribution in [0.4, 0.5) is 0 Å². The van der Waals surface area contributed by atoms with E-state index in [1.165, 1.54) is 11.5 Å². The third-order valence-electron chi connectivity index (χ3n) is 1.000. The van der Waals surface area contributed by atoms with Crippen LogP contribution in [0.3, 0.4) is 0 Å². The predicted molar refractivity (Wildman–Crippen MR) is 41.8 cm³/mol. The maximum Gasteiger partial charge on any atom is 0.0893 e. The van der Waals surface area contributed by atoms with Crippen LogP contribution in [0.15, 0.2) is 18.0 Å². The summed E-state index contributed by atoms with van der Waals surface area (Å²) in [6, 6.07) is 0. The van der Waals surface area contributed by atoms with Gasteiger partial charge in [0.2, 0.25) is 0 Å². The van der Waals surface area contributed by atoms with E-state index in [4.69, 9.17) is 0 Å². The summed E-state index contributed by atoms with van der Waals surface area (Å²) in [7, 11) is 0. The van der Waals surface area contributed by atoms with Crippen molar-refractivity contribution in [3.63, 3.8) is 0 Å². The summed E-state index contributed by atoms with van der Waals surface area (Å²) in [4.78, 5) is 0. The van der Waals surface area contributed by atoms with Crippen molar-refractivity contribution >= 4 is 11.5 Å². The van der Waals surface area contributed by atoms with Gasteiger partial charge in [0, 0.05) is 18.5 Å². The fourth-order valence-corrected chi connectivity index (χ4v) is 1.01. The molecule has 0 amide bonds. The van der Waals surface area contributed by atoms with Crippen LogP contribution >= 0.6 is 11.5 Å². The minimum Gasteiger partial charge on any atom is -0.308 e. The molecule has 0 bridgehead atoms. The molecule has 4 heteroatoms. The Morgan fingerprint density at radius 1 is 1.80 bits per heavy atom. The highest BCUT2D eigenvalue weighted by molar-refractivity contribution is 7.03. The second-order valence-corrected chi connectivity index (χ2v) is 2.43. The van der Waals surface area contributed by atoms with Crippen molar-refractivity contribution < 1.29 is 0 Å². The second-order valence-electron chi connectivity index (χ2n) is 1.82. The van der Waals surface area contributed by atoms with Crippen LogP contribution in [0.25, 0.3) is 0 Å². The van der Waals surface area contributed by atoms with Crippen LogP contribution in [0.2, 0.25) is 0 Å². The highest BCUT2D eigenvalue weighted by atomic mass is 32.1. The van der Waals surface area contributed by atoms with Gasteiger partial charge in [0.15, 0.2) is 0 Å². The molecule has 0 aliphatic carbocycles. The van der Waals surface area contributed by atoms with Crippen LogP contribution < -0.4 is 5.32 Å². The van der Waals surface area contributed by atoms with Gasteiger partial charge in [-0.05, 0) is 11.5 Å². The highest BCUT2D eigenvalue weighted by Gasteiger charge is 1.91. The molecule has 54 valence electrons. The lowest BCUT2D eigenvalue weighted by Gasteiger charge is -1.94. The zero-order chi connectivity index (χ0) is 7.23. The van der Waals surface area contributed by atoms with Crippen LogP contribution in [-0.4, -0.2) is 16.1 Å². The van der Waals surface area contributed by atoms with Crippen molar-refractivity contribution in [3.8, 4) is 0 Å². The van der Waals surface area contributed by atoms with E-state index in [-0.39, 0.29) is 0 Å². The number of nitrogens with one attached hydrogen (secondary N) is 1. The smallest absolute Gasteiger partial charge is 0.0893 e. The van der Waals surface area contributed by atoms with E-state index in [1.807, 2.05) is 11.5 Å². The first-order valence-corrected chi connectivity index (χ1v) is 3.84. The molecule has 1 N–H and O–H groups in total. The molecule has 0 unspecified atom stereocenters. The Kier molecular flexibility index (Phi) is 3.05. The number of rotatable bonds is 4. The lowest BCUT2D eigenvalue weighted by molar-refractivity contribution is 0.737. The Labute approximate surface area is 63.9 Å². The minimum absolute atomic E-state index is 0.780. The number of aromatic nitrogens is 2. The average molecular weight is 155 g/mol. The molecule has 1 aromatic heterocycles. The molecule has 0 fully saturated rings. The van der Waals surface area contributed by atoms with E-state index >= 15 is 0 Å². The van der Waals surface area contributed by atoms with E-state index in [0.717, 1.165) is 18.8 Å². The molecule has 1 rings (SSSR count). The summed E-state index contributed by atoms with van der Waals surface area (Å²) in [6.07, 6.45) is 1.82. The zero-order valence-corrected chi connectivity index (χ0v) is 6.40. The van der Waals surface area contributed by atoms with Gasteiger partial charge in [0.05, 0.1) is 5.69 Å². The van der Waals surface area contributed by atoms with Gasteiger partial charge in [-0.1, -0.05) is 10.6 Å². The summed E-state index contributed by atoms with van der Waals surface area (Å²) in [6.45, 7) is 5.18. The topological polar surface area (TPSA) is 37.8 Å². The van der Waals surface area contributed by atoms with E-state index in [2.05, 4.69) is 21.5 Å². The lowest BCUT2D eigenvalue weighted by atomic mass is 10.5. The fraction of sp³-hybridized carbons (Fsp3) is 0.333. The van der Waals surface area contributed by atoms with E-state index in [1.54, 1.807) is 0 Å². The Morgan fingerprint density at radius 2 is 2.70 bits per heavy atom. The van der Waals surface area contributed by atoms with Gasteiger partial charge in [0.1, 0.15) is 0 Å². The molecule has 10 heavy (non-hydrogen) atoms. The molecular weight excluding hydrogens is 146 g/mol. The van der Waals surface area contributed by atoms with E-state index in [0.29, 0.717) is 0 Å². The van der Waals surface area contributed by atoms with Crippen molar-refractivity contribution in [2.45, 2.75) is 6.54 Å². The SMILES string of the molecule is C=CCNCc1csnn1. The van der Waals surface area contributed by atoms with Crippen LogP contribution in [0.5, 0.6) is 0 Å². The predicted octanol–water partition coefficient (Wildman–Crippen LogP) is 0.814. The van der Waals surface area contributed by atoms with Crippen LogP contribution in [-0.2, 0) is 6.54 Å². The van der Waals surface area contributed by atoms with E-state index in [9.17, 15) is 0 Å². The zero-order valence-electron chi connectivity index (χ0n) is 5.58. The monoisotopic (exact) mass is 155 g/mol. The first-order valence-electron chi connectivity index (χ1n) is 3.01. The average Bonchev–Trinajstić information content (AvgIpc) is 2.41. The first kappa shape index (κ1) is 7.37. The number of hydrogen-bond acceptors (Lipinski definition) is 4. The molecule has 0 atom stereocenters. The van der Waals surface area contributed by atoms with Crippen LogP contribution in [0, 0.1) is 0 Å². The number of hydrogen-bond donors (Lipinski definition) is 1. The Balaban J connectivity index is 2.21. The molecule has 1 aromatic rings. The summed E-state index contributed by atoms with van der Waals surface area (Å²) in [5.74, 6) is 0. The normalized spacial score (nSPS) is 9.60. The Morgan fingerprint density at radius 3 is 3.30 bits per heavy atom.